The number of nitrogens with zero attached hydrogens (tertiary/aromatic N) is 1. The number of ether oxygens (including phenoxy) is 2. The van der Waals surface area contributed by atoms with E-state index in [1.165, 1.54) is 0 Å². The van der Waals surface area contributed by atoms with Crippen molar-refractivity contribution in [2.45, 2.75) is 32.3 Å². The van der Waals surface area contributed by atoms with Gasteiger partial charge >= 0.3 is 6.09 Å². The molecule has 1 fully saturated rings. The fraction of sp³-hybridized carbons (Fsp3) is 0.615. The standard InChI is InChI=1S/C13H21NO3/c1-11(2)13(3,16-4)7-5-6-8-14-9-10-17-12(14)15/h6,8H,1,5,7,9-10H2,2-4H3/b8-6+. The van der Waals surface area contributed by atoms with Crippen LogP contribution in [0, 0.1) is 0 Å². The molecule has 0 aromatic rings. The van der Waals surface area contributed by atoms with Crippen LogP contribution in [0.5, 0.6) is 0 Å². The first-order valence-corrected chi connectivity index (χ1v) is 5.81. The molecule has 0 spiro atoms. The minimum absolute atomic E-state index is 0.268. The van der Waals surface area contributed by atoms with Gasteiger partial charge in [-0.15, -0.1) is 0 Å². The lowest BCUT2D eigenvalue weighted by Crippen LogP contribution is -2.28. The monoisotopic (exact) mass is 239 g/mol. The van der Waals surface area contributed by atoms with Crippen LogP contribution in [0.3, 0.4) is 0 Å². The maximum atomic E-state index is 11.1. The fourth-order valence-electron chi connectivity index (χ4n) is 1.59. The number of rotatable bonds is 6. The van der Waals surface area contributed by atoms with Gasteiger partial charge in [-0.05, 0) is 32.3 Å². The Balaban J connectivity index is 2.38. The van der Waals surface area contributed by atoms with Crippen molar-refractivity contribution >= 4 is 6.09 Å². The number of hydrogen-bond donors (Lipinski definition) is 0. The summed E-state index contributed by atoms with van der Waals surface area (Å²) in [6.45, 7) is 9.03. The molecule has 1 rings (SSSR count). The van der Waals surface area contributed by atoms with Crippen LogP contribution in [0.4, 0.5) is 4.79 Å². The zero-order valence-electron chi connectivity index (χ0n) is 10.9. The van der Waals surface area contributed by atoms with E-state index >= 15 is 0 Å². The van der Waals surface area contributed by atoms with Crippen molar-refractivity contribution in [2.75, 3.05) is 20.3 Å². The minimum atomic E-state index is -0.296. The molecule has 0 aliphatic carbocycles. The summed E-state index contributed by atoms with van der Waals surface area (Å²) in [6, 6.07) is 0. The topological polar surface area (TPSA) is 38.8 Å². The van der Waals surface area contributed by atoms with Crippen molar-refractivity contribution in [3.63, 3.8) is 0 Å². The van der Waals surface area contributed by atoms with Gasteiger partial charge in [-0.1, -0.05) is 12.7 Å². The average Bonchev–Trinajstić information content (AvgIpc) is 2.70. The summed E-state index contributed by atoms with van der Waals surface area (Å²) < 4.78 is 10.3. The van der Waals surface area contributed by atoms with Gasteiger partial charge in [0, 0.05) is 13.3 Å². The number of amides is 1. The van der Waals surface area contributed by atoms with E-state index in [2.05, 4.69) is 6.58 Å². The van der Waals surface area contributed by atoms with Gasteiger partial charge in [0.05, 0.1) is 12.1 Å². The molecule has 1 unspecified atom stereocenters. The molecule has 1 heterocycles. The first kappa shape index (κ1) is 13.8. The lowest BCUT2D eigenvalue weighted by atomic mass is 9.93. The van der Waals surface area contributed by atoms with Crippen molar-refractivity contribution in [3.8, 4) is 0 Å². The van der Waals surface area contributed by atoms with Crippen LogP contribution in [-0.4, -0.2) is 36.9 Å². The Morgan fingerprint density at radius 3 is 2.88 bits per heavy atom. The number of allylic oxidation sites excluding steroid dienone is 1. The predicted octanol–water partition coefficient (Wildman–Crippen LogP) is 2.71. The van der Waals surface area contributed by atoms with Crippen LogP contribution in [0.1, 0.15) is 26.7 Å². The molecule has 0 saturated carbocycles. The van der Waals surface area contributed by atoms with Crippen molar-refractivity contribution in [1.82, 2.24) is 4.90 Å². The molecular weight excluding hydrogens is 218 g/mol. The quantitative estimate of drug-likeness (QED) is 0.669. The Labute approximate surface area is 103 Å². The Morgan fingerprint density at radius 1 is 1.71 bits per heavy atom. The number of carbonyl (C=O) groups is 1. The summed E-state index contributed by atoms with van der Waals surface area (Å²) in [5.41, 5.74) is 0.713. The van der Waals surface area contributed by atoms with Gasteiger partial charge in [0.1, 0.15) is 6.61 Å². The lowest BCUT2D eigenvalue weighted by Gasteiger charge is -2.28. The normalized spacial score (nSPS) is 19.5. The molecule has 4 heteroatoms. The maximum absolute atomic E-state index is 11.1. The predicted molar refractivity (Wildman–Crippen MR) is 66.7 cm³/mol. The van der Waals surface area contributed by atoms with E-state index in [1.807, 2.05) is 19.9 Å². The molecule has 0 radical (unpaired) electrons. The third-order valence-corrected chi connectivity index (χ3v) is 3.22. The number of cyclic esters (lactones) is 1. The number of hydrogen-bond acceptors (Lipinski definition) is 3. The Kier molecular flexibility index (Phi) is 4.75. The molecule has 1 amide bonds. The second-order valence-corrected chi connectivity index (χ2v) is 4.45. The van der Waals surface area contributed by atoms with Crippen LogP contribution < -0.4 is 0 Å². The van der Waals surface area contributed by atoms with Crippen LogP contribution in [-0.2, 0) is 9.47 Å². The third-order valence-electron chi connectivity index (χ3n) is 3.22. The zero-order chi connectivity index (χ0) is 12.9. The van der Waals surface area contributed by atoms with Gasteiger partial charge in [-0.2, -0.15) is 0 Å². The van der Waals surface area contributed by atoms with Gasteiger partial charge in [-0.3, -0.25) is 4.90 Å². The smallest absolute Gasteiger partial charge is 0.413 e. The summed E-state index contributed by atoms with van der Waals surface area (Å²) in [4.78, 5) is 12.7. The van der Waals surface area contributed by atoms with E-state index in [-0.39, 0.29) is 11.7 Å². The summed E-state index contributed by atoms with van der Waals surface area (Å²) in [7, 11) is 1.69. The van der Waals surface area contributed by atoms with Gasteiger partial charge < -0.3 is 9.47 Å². The van der Waals surface area contributed by atoms with Crippen molar-refractivity contribution in [1.29, 1.82) is 0 Å². The summed E-state index contributed by atoms with van der Waals surface area (Å²) in [5, 5.41) is 0. The van der Waals surface area contributed by atoms with Crippen LogP contribution in [0.2, 0.25) is 0 Å². The fourth-order valence-corrected chi connectivity index (χ4v) is 1.59. The third kappa shape index (κ3) is 3.60. The van der Waals surface area contributed by atoms with E-state index in [9.17, 15) is 4.79 Å². The highest BCUT2D eigenvalue weighted by Crippen LogP contribution is 2.24. The van der Waals surface area contributed by atoms with E-state index in [4.69, 9.17) is 9.47 Å². The van der Waals surface area contributed by atoms with Crippen LogP contribution in [0.25, 0.3) is 0 Å². The molecule has 1 aliphatic heterocycles. The second-order valence-electron chi connectivity index (χ2n) is 4.45. The molecule has 1 aliphatic rings. The first-order chi connectivity index (χ1) is 7.99. The molecule has 0 aromatic carbocycles. The van der Waals surface area contributed by atoms with Gasteiger partial charge in [0.15, 0.2) is 0 Å². The summed E-state index contributed by atoms with van der Waals surface area (Å²) >= 11 is 0. The molecule has 0 N–H and O–H groups in total. The molecule has 17 heavy (non-hydrogen) atoms. The zero-order valence-corrected chi connectivity index (χ0v) is 10.9. The summed E-state index contributed by atoms with van der Waals surface area (Å²) in [6.07, 6.45) is 5.16. The van der Waals surface area contributed by atoms with Gasteiger partial charge in [0.2, 0.25) is 0 Å². The maximum Gasteiger partial charge on any atom is 0.413 e. The SMILES string of the molecule is C=C(C)C(C)(CC/C=C/N1CCOC1=O)OC. The Hall–Kier alpha value is -1.29. The highest BCUT2D eigenvalue weighted by atomic mass is 16.6. The average molecular weight is 239 g/mol. The van der Waals surface area contributed by atoms with Crippen LogP contribution in [0.15, 0.2) is 24.4 Å². The first-order valence-electron chi connectivity index (χ1n) is 5.81. The van der Waals surface area contributed by atoms with E-state index in [1.54, 1.807) is 18.2 Å². The molecule has 1 saturated heterocycles. The summed E-state index contributed by atoms with van der Waals surface area (Å²) in [5.74, 6) is 0. The Morgan fingerprint density at radius 2 is 2.41 bits per heavy atom. The van der Waals surface area contributed by atoms with Crippen molar-refractivity contribution in [2.24, 2.45) is 0 Å². The largest absolute Gasteiger partial charge is 0.447 e. The van der Waals surface area contributed by atoms with Crippen molar-refractivity contribution in [3.05, 3.63) is 24.4 Å². The molecule has 96 valence electrons. The molecule has 0 aromatic heterocycles. The lowest BCUT2D eigenvalue weighted by molar-refractivity contribution is 0.0322. The Bertz CT molecular complexity index is 325. The highest BCUT2D eigenvalue weighted by molar-refractivity contribution is 5.70. The molecular formula is C13H21NO3. The second kappa shape index (κ2) is 5.87. The van der Waals surface area contributed by atoms with Crippen LogP contribution >= 0.6 is 0 Å². The molecule has 1 atom stereocenters. The van der Waals surface area contributed by atoms with Crippen molar-refractivity contribution < 1.29 is 14.3 Å². The van der Waals surface area contributed by atoms with Gasteiger partial charge in [-0.25, -0.2) is 4.79 Å². The number of carbonyl (C=O) groups excluding carboxylic acids is 1. The minimum Gasteiger partial charge on any atom is -0.447 e. The van der Waals surface area contributed by atoms with E-state index < -0.39 is 0 Å². The van der Waals surface area contributed by atoms with E-state index in [0.29, 0.717) is 13.2 Å². The number of methoxy groups -OCH3 is 1. The molecule has 4 nitrogen and oxygen atoms in total. The van der Waals surface area contributed by atoms with E-state index in [0.717, 1.165) is 18.4 Å². The highest BCUT2D eigenvalue weighted by Gasteiger charge is 2.23. The molecule has 0 bridgehead atoms. The van der Waals surface area contributed by atoms with Gasteiger partial charge in [0.25, 0.3) is 0 Å².